The van der Waals surface area contributed by atoms with Crippen molar-refractivity contribution in [3.05, 3.63) is 92.6 Å². The molecule has 6 nitrogen and oxygen atoms in total. The van der Waals surface area contributed by atoms with Gasteiger partial charge in [0.05, 0.1) is 16.4 Å². The lowest BCUT2D eigenvalue weighted by Gasteiger charge is -2.12. The number of amides is 2. The van der Waals surface area contributed by atoms with Crippen LogP contribution >= 0.6 is 11.8 Å². The SMILES string of the molecule is O=C1S/C(=C\C=C\c2ccc([N+](=O)[O-])cc2)C(=O)N1Cc1ccccc1F. The number of nitro benzene ring substituents is 1. The smallest absolute Gasteiger partial charge is 0.268 e. The van der Waals surface area contributed by atoms with Crippen LogP contribution in [0.1, 0.15) is 11.1 Å². The second-order valence-electron chi connectivity index (χ2n) is 5.59. The molecule has 0 radical (unpaired) electrons. The van der Waals surface area contributed by atoms with E-state index in [4.69, 9.17) is 0 Å². The number of allylic oxidation sites excluding steroid dienone is 2. The van der Waals surface area contributed by atoms with Crippen molar-refractivity contribution >= 4 is 34.7 Å². The summed E-state index contributed by atoms with van der Waals surface area (Å²) in [5.41, 5.74) is 0.964. The first-order chi connectivity index (χ1) is 13.0. The molecule has 8 heteroatoms. The molecule has 136 valence electrons. The van der Waals surface area contributed by atoms with Gasteiger partial charge in [-0.1, -0.05) is 30.4 Å². The summed E-state index contributed by atoms with van der Waals surface area (Å²) in [6.45, 7) is -0.124. The molecule has 0 aromatic heterocycles. The molecule has 1 aliphatic rings. The molecule has 0 bridgehead atoms. The maximum Gasteiger partial charge on any atom is 0.293 e. The van der Waals surface area contributed by atoms with Crippen LogP contribution in [0.25, 0.3) is 6.08 Å². The minimum Gasteiger partial charge on any atom is -0.268 e. The highest BCUT2D eigenvalue weighted by atomic mass is 32.2. The molecule has 2 amide bonds. The molecule has 1 heterocycles. The number of halogens is 1. The Hall–Kier alpha value is -3.26. The Morgan fingerprint density at radius 1 is 1.11 bits per heavy atom. The first kappa shape index (κ1) is 18.5. The van der Waals surface area contributed by atoms with Crippen LogP contribution in [0.5, 0.6) is 0 Å². The van der Waals surface area contributed by atoms with Crippen LogP contribution in [-0.4, -0.2) is 21.0 Å². The van der Waals surface area contributed by atoms with Crippen molar-refractivity contribution in [1.82, 2.24) is 4.90 Å². The van der Waals surface area contributed by atoms with Gasteiger partial charge in [0.15, 0.2) is 0 Å². The molecule has 2 aromatic carbocycles. The van der Waals surface area contributed by atoms with Gasteiger partial charge >= 0.3 is 0 Å². The molecule has 0 aliphatic carbocycles. The van der Waals surface area contributed by atoms with Gasteiger partial charge in [-0.2, -0.15) is 0 Å². The van der Waals surface area contributed by atoms with Gasteiger partial charge in [-0.25, -0.2) is 4.39 Å². The number of benzene rings is 2. The molecule has 2 aromatic rings. The quantitative estimate of drug-likeness (QED) is 0.430. The summed E-state index contributed by atoms with van der Waals surface area (Å²) in [5, 5.41) is 10.2. The normalized spacial score (nSPS) is 15.9. The minimum atomic E-state index is -0.487. The number of imide groups is 1. The lowest BCUT2D eigenvalue weighted by Crippen LogP contribution is -2.27. The fraction of sp³-hybridized carbons (Fsp3) is 0.0526. The zero-order chi connectivity index (χ0) is 19.4. The lowest BCUT2D eigenvalue weighted by molar-refractivity contribution is -0.384. The molecule has 1 aliphatic heterocycles. The molecule has 0 saturated carbocycles. The highest BCUT2D eigenvalue weighted by molar-refractivity contribution is 8.18. The summed E-state index contributed by atoms with van der Waals surface area (Å²) in [6, 6.07) is 11.9. The summed E-state index contributed by atoms with van der Waals surface area (Å²) >= 11 is 0.784. The zero-order valence-electron chi connectivity index (χ0n) is 13.9. The lowest BCUT2D eigenvalue weighted by atomic mass is 10.2. The number of nitro groups is 1. The first-order valence-corrected chi connectivity index (χ1v) is 8.67. The van der Waals surface area contributed by atoms with Gasteiger partial charge < -0.3 is 0 Å². The van der Waals surface area contributed by atoms with Crippen LogP contribution in [0.4, 0.5) is 14.9 Å². The van der Waals surface area contributed by atoms with Crippen LogP contribution in [0, 0.1) is 15.9 Å². The van der Waals surface area contributed by atoms with Crippen LogP contribution in [0.2, 0.25) is 0 Å². The number of rotatable bonds is 5. The van der Waals surface area contributed by atoms with Crippen molar-refractivity contribution in [2.45, 2.75) is 6.54 Å². The first-order valence-electron chi connectivity index (χ1n) is 7.85. The predicted molar refractivity (Wildman–Crippen MR) is 100 cm³/mol. The molecule has 3 rings (SSSR count). The number of thioether (sulfide) groups is 1. The van der Waals surface area contributed by atoms with Crippen molar-refractivity contribution in [1.29, 1.82) is 0 Å². The topological polar surface area (TPSA) is 80.5 Å². The number of hydrogen-bond acceptors (Lipinski definition) is 5. The van der Waals surface area contributed by atoms with Gasteiger partial charge in [0.25, 0.3) is 16.8 Å². The second-order valence-corrected chi connectivity index (χ2v) is 6.58. The Balaban J connectivity index is 1.70. The third-order valence-electron chi connectivity index (χ3n) is 3.80. The van der Waals surface area contributed by atoms with Gasteiger partial charge in [-0.15, -0.1) is 0 Å². The number of hydrogen-bond donors (Lipinski definition) is 0. The third kappa shape index (κ3) is 4.29. The minimum absolute atomic E-state index is 0.0126. The molecular formula is C19H13FN2O4S. The fourth-order valence-electron chi connectivity index (χ4n) is 2.40. The molecule has 0 atom stereocenters. The summed E-state index contributed by atoms with van der Waals surface area (Å²) in [6.07, 6.45) is 4.74. The van der Waals surface area contributed by atoms with Gasteiger partial charge in [0.1, 0.15) is 5.82 Å². The van der Waals surface area contributed by atoms with Crippen LogP contribution in [-0.2, 0) is 11.3 Å². The average Bonchev–Trinajstić information content (AvgIpc) is 2.91. The maximum absolute atomic E-state index is 13.7. The van der Waals surface area contributed by atoms with E-state index in [9.17, 15) is 24.1 Å². The molecular weight excluding hydrogens is 371 g/mol. The monoisotopic (exact) mass is 384 g/mol. The van der Waals surface area contributed by atoms with E-state index in [0.29, 0.717) is 5.56 Å². The van der Waals surface area contributed by atoms with Gasteiger partial charge in [-0.05, 0) is 41.6 Å². The van der Waals surface area contributed by atoms with Crippen molar-refractivity contribution in [2.24, 2.45) is 0 Å². The van der Waals surface area contributed by atoms with E-state index in [1.807, 2.05) is 0 Å². The zero-order valence-corrected chi connectivity index (χ0v) is 14.7. The molecule has 1 fully saturated rings. The molecule has 1 saturated heterocycles. The van der Waals surface area contributed by atoms with Crippen molar-refractivity contribution in [3.8, 4) is 0 Å². The van der Waals surface area contributed by atoms with Crippen LogP contribution in [0.15, 0.2) is 65.6 Å². The highest BCUT2D eigenvalue weighted by Crippen LogP contribution is 2.32. The Labute approximate surface area is 158 Å². The van der Waals surface area contributed by atoms with Crippen LogP contribution < -0.4 is 0 Å². The van der Waals surface area contributed by atoms with Crippen molar-refractivity contribution in [3.63, 3.8) is 0 Å². The van der Waals surface area contributed by atoms with E-state index in [-0.39, 0.29) is 22.7 Å². The van der Waals surface area contributed by atoms with E-state index in [2.05, 4.69) is 0 Å². The number of non-ortho nitro benzene ring substituents is 1. The van der Waals surface area contributed by atoms with E-state index in [0.717, 1.165) is 16.7 Å². The Morgan fingerprint density at radius 2 is 1.81 bits per heavy atom. The summed E-state index contributed by atoms with van der Waals surface area (Å²) in [5.74, 6) is -0.958. The van der Waals surface area contributed by atoms with E-state index < -0.39 is 21.9 Å². The highest BCUT2D eigenvalue weighted by Gasteiger charge is 2.35. The van der Waals surface area contributed by atoms with Crippen molar-refractivity contribution < 1.29 is 18.9 Å². The molecule has 0 unspecified atom stereocenters. The van der Waals surface area contributed by atoms with E-state index in [1.165, 1.54) is 36.4 Å². The Kier molecular flexibility index (Phi) is 5.46. The van der Waals surface area contributed by atoms with Crippen LogP contribution in [0.3, 0.4) is 0 Å². The molecule has 27 heavy (non-hydrogen) atoms. The molecule has 0 N–H and O–H groups in total. The molecule has 0 spiro atoms. The number of nitrogens with zero attached hydrogens (tertiary/aromatic N) is 2. The fourth-order valence-corrected chi connectivity index (χ4v) is 3.19. The second kappa shape index (κ2) is 7.96. The number of carbonyl (C=O) groups is 2. The predicted octanol–water partition coefficient (Wildman–Crippen LogP) is 4.53. The number of carbonyl (C=O) groups excluding carboxylic acids is 2. The van der Waals surface area contributed by atoms with Gasteiger partial charge in [-0.3, -0.25) is 24.6 Å². The van der Waals surface area contributed by atoms with E-state index >= 15 is 0 Å². The maximum atomic E-state index is 13.7. The largest absolute Gasteiger partial charge is 0.293 e. The van der Waals surface area contributed by atoms with Gasteiger partial charge in [0.2, 0.25) is 0 Å². The standard InChI is InChI=1S/C19H13FN2O4S/c20-16-6-2-1-5-14(16)12-21-18(23)17(27-19(21)24)7-3-4-13-8-10-15(11-9-13)22(25)26/h1-11H,12H2/b4-3+,17-7-. The Bertz CT molecular complexity index is 970. The third-order valence-corrected chi connectivity index (χ3v) is 4.73. The average molecular weight is 384 g/mol. The van der Waals surface area contributed by atoms with E-state index in [1.54, 1.807) is 30.4 Å². The van der Waals surface area contributed by atoms with Gasteiger partial charge in [0, 0.05) is 17.7 Å². The summed E-state index contributed by atoms with van der Waals surface area (Å²) in [7, 11) is 0. The Morgan fingerprint density at radius 3 is 2.48 bits per heavy atom. The van der Waals surface area contributed by atoms with Crippen molar-refractivity contribution in [2.75, 3.05) is 0 Å². The summed E-state index contributed by atoms with van der Waals surface area (Å²) < 4.78 is 13.7. The summed E-state index contributed by atoms with van der Waals surface area (Å²) in [4.78, 5) is 35.8.